The van der Waals surface area contributed by atoms with E-state index in [9.17, 15) is 0 Å². The van der Waals surface area contributed by atoms with Crippen LogP contribution in [0.2, 0.25) is 0 Å². The summed E-state index contributed by atoms with van der Waals surface area (Å²) in [6, 6.07) is 152. The van der Waals surface area contributed by atoms with Gasteiger partial charge in [0.1, 0.15) is 22.3 Å². The monoisotopic (exact) mass is 1580 g/mol. The van der Waals surface area contributed by atoms with Gasteiger partial charge in [0, 0.05) is 32.4 Å². The van der Waals surface area contributed by atoms with Crippen molar-refractivity contribution in [3.05, 3.63) is 435 Å². The molecule has 2 aromatic heterocycles. The van der Waals surface area contributed by atoms with Gasteiger partial charge < -0.3 is 8.83 Å². The van der Waals surface area contributed by atoms with Crippen molar-refractivity contribution < 1.29 is 8.83 Å². The van der Waals surface area contributed by atoms with Gasteiger partial charge in [-0.05, 0) is 256 Å². The number of hydrogen-bond acceptors (Lipinski definition) is 2. The third-order valence-electron chi connectivity index (χ3n) is 27.6. The number of furan rings is 2. The maximum absolute atomic E-state index is 6.23. The summed E-state index contributed by atoms with van der Waals surface area (Å²) >= 11 is 0. The average Bonchev–Trinajstić information content (AvgIpc) is 1.52. The van der Waals surface area contributed by atoms with Crippen molar-refractivity contribution in [2.75, 3.05) is 0 Å². The van der Waals surface area contributed by atoms with Crippen LogP contribution in [-0.4, -0.2) is 0 Å². The number of para-hydroxylation sites is 2. The average molecular weight is 1580 g/mol. The molecule has 2 aliphatic carbocycles. The topological polar surface area (TPSA) is 26.3 Å². The first-order valence-corrected chi connectivity index (χ1v) is 43.3. The normalized spacial score (nSPS) is 13.1. The lowest BCUT2D eigenvalue weighted by Gasteiger charge is -2.26. The lowest BCUT2D eigenvalue weighted by molar-refractivity contribution is 0.668. The number of benzene rings is 22. The largest absolute Gasteiger partial charge is 0.456 e. The summed E-state index contributed by atoms with van der Waals surface area (Å²) in [5, 5.41) is 25.2. The summed E-state index contributed by atoms with van der Waals surface area (Å²) in [7, 11) is 0. The fourth-order valence-corrected chi connectivity index (χ4v) is 22.4. The van der Waals surface area contributed by atoms with Crippen LogP contribution in [0.1, 0.15) is 49.9 Å². The molecule has 580 valence electrons. The highest BCUT2D eigenvalue weighted by molar-refractivity contribution is 6.26. The molecule has 0 saturated carbocycles. The second kappa shape index (κ2) is 27.5. The summed E-state index contributed by atoms with van der Waals surface area (Å²) in [5.74, 6) is 0. The molecular formula is C122H80O2. The predicted molar refractivity (Wildman–Crippen MR) is 526 cm³/mol. The quantitative estimate of drug-likeness (QED) is 0.112. The maximum atomic E-state index is 6.23. The second-order valence-electron chi connectivity index (χ2n) is 35.0. The zero-order valence-corrected chi connectivity index (χ0v) is 69.1. The Labute approximate surface area is 718 Å². The van der Waals surface area contributed by atoms with E-state index in [2.05, 4.69) is 416 Å². The van der Waals surface area contributed by atoms with Crippen molar-refractivity contribution >= 4 is 130 Å². The van der Waals surface area contributed by atoms with Gasteiger partial charge in [-0.15, -0.1) is 0 Å². The summed E-state index contributed by atoms with van der Waals surface area (Å²) in [4.78, 5) is 0. The van der Waals surface area contributed by atoms with Crippen LogP contribution in [0.25, 0.3) is 241 Å². The van der Waals surface area contributed by atoms with Gasteiger partial charge >= 0.3 is 0 Å². The molecule has 0 saturated heterocycles. The van der Waals surface area contributed by atoms with E-state index in [1.165, 1.54) is 220 Å². The molecule has 0 bridgehead atoms. The lowest BCUT2D eigenvalue weighted by atomic mass is 9.76. The van der Waals surface area contributed by atoms with Crippen molar-refractivity contribution in [3.63, 3.8) is 0 Å². The Morgan fingerprint density at radius 1 is 0.137 bits per heavy atom. The Bertz CT molecular complexity index is 8530. The van der Waals surface area contributed by atoms with Gasteiger partial charge in [-0.25, -0.2) is 0 Å². The molecule has 124 heavy (non-hydrogen) atoms. The molecule has 0 atom stereocenters. The third kappa shape index (κ3) is 10.7. The molecule has 22 aromatic carbocycles. The van der Waals surface area contributed by atoms with Gasteiger partial charge in [0.25, 0.3) is 0 Å². The first-order valence-electron chi connectivity index (χ1n) is 43.3. The molecule has 26 rings (SSSR count). The Hall–Kier alpha value is -15.5. The zero-order valence-electron chi connectivity index (χ0n) is 69.1. The maximum Gasteiger partial charge on any atom is 0.135 e. The van der Waals surface area contributed by atoms with Crippen LogP contribution in [0.15, 0.2) is 421 Å². The summed E-state index contributed by atoms with van der Waals surface area (Å²) < 4.78 is 12.4. The van der Waals surface area contributed by atoms with Crippen LogP contribution < -0.4 is 0 Å². The van der Waals surface area contributed by atoms with E-state index in [4.69, 9.17) is 8.83 Å². The molecule has 0 N–H and O–H groups in total. The van der Waals surface area contributed by atoms with E-state index < -0.39 is 0 Å². The minimum absolute atomic E-state index is 0.188. The summed E-state index contributed by atoms with van der Waals surface area (Å²) in [6.07, 6.45) is 0. The van der Waals surface area contributed by atoms with Crippen molar-refractivity contribution in [2.45, 2.75) is 38.5 Å². The minimum Gasteiger partial charge on any atom is -0.456 e. The van der Waals surface area contributed by atoms with Crippen molar-refractivity contribution in [2.24, 2.45) is 0 Å². The van der Waals surface area contributed by atoms with Crippen LogP contribution in [0, 0.1) is 0 Å². The first kappa shape index (κ1) is 71.4. The number of hydrogen-bond donors (Lipinski definition) is 0. The van der Waals surface area contributed by atoms with Crippen molar-refractivity contribution in [3.8, 4) is 111 Å². The Kier molecular flexibility index (Phi) is 15.9. The smallest absolute Gasteiger partial charge is 0.135 e. The summed E-state index contributed by atoms with van der Waals surface area (Å²) in [5.41, 5.74) is 34.2. The molecule has 2 aliphatic rings. The van der Waals surface area contributed by atoms with Crippen LogP contribution >= 0.6 is 0 Å². The van der Waals surface area contributed by atoms with Crippen molar-refractivity contribution in [1.29, 1.82) is 0 Å². The van der Waals surface area contributed by atoms with Gasteiger partial charge in [-0.2, -0.15) is 0 Å². The predicted octanol–water partition coefficient (Wildman–Crippen LogP) is 34.3. The molecule has 0 fully saturated rings. The number of fused-ring (bicyclic) bond motifs is 26. The summed E-state index contributed by atoms with van der Waals surface area (Å²) in [6.45, 7) is 9.69. The van der Waals surface area contributed by atoms with E-state index in [1.54, 1.807) is 0 Å². The second-order valence-corrected chi connectivity index (χ2v) is 35.0. The first-order chi connectivity index (χ1) is 61.1. The van der Waals surface area contributed by atoms with Gasteiger partial charge in [-0.1, -0.05) is 404 Å². The van der Waals surface area contributed by atoms with Gasteiger partial charge in [-0.3, -0.25) is 0 Å². The molecule has 0 unspecified atom stereocenters. The van der Waals surface area contributed by atoms with E-state index >= 15 is 0 Å². The van der Waals surface area contributed by atoms with Crippen LogP contribution in [0.3, 0.4) is 0 Å². The number of rotatable bonds is 8. The molecule has 2 heteroatoms. The Morgan fingerprint density at radius 2 is 0.379 bits per heavy atom. The molecule has 0 aliphatic heterocycles. The highest BCUT2D eigenvalue weighted by atomic mass is 16.3. The van der Waals surface area contributed by atoms with Gasteiger partial charge in [0.2, 0.25) is 0 Å². The van der Waals surface area contributed by atoms with Crippen LogP contribution in [0.4, 0.5) is 0 Å². The standard InChI is InChI=1S/2C61H40O/c1-61(2)59-41(27-15-28-52(59)58-46-21-7-4-17-42(46)43-18-5-12-26-51(43)60(58)61)37-30-32-38(33-31-37)56-47-22-8-10-24-49(47)57(50-25-11-9-23-48(50)56)45-20-6-3-16-40(45)39-34-35-55-53(36-39)44-19-13-14-29-54(44)62-55;1-61(2)59-42(23-13-24-52(59)58-46-17-5-3-14-43(46)44-15-4-10-22-51(44)60(58)61)38-28-32-40(33-29-38)57-49-20-8-6-18-47(49)56(48-19-7-9-21-50(48)57)39-30-26-37(27-31-39)41-34-35-55-53(36-41)45-16-11-12-25-54(45)62-55/h2*3-36H,1-2H3. The zero-order chi connectivity index (χ0) is 82.2. The molecule has 2 nitrogen and oxygen atoms in total. The molecule has 2 heterocycles. The van der Waals surface area contributed by atoms with Gasteiger partial charge in [0.15, 0.2) is 0 Å². The molecule has 0 amide bonds. The third-order valence-corrected chi connectivity index (χ3v) is 27.6. The minimum atomic E-state index is -0.194. The SMILES string of the molecule is CC1(C)c2c(-c3ccc(-c4c5ccccc5c(-c5ccc(-c6ccc7oc8ccccc8c7c6)cc5)c5ccccc45)cc3)cccc2-c2c1c1ccccc1c1ccccc21.CC1(C)c2c(-c3ccc(-c4c5ccccc5c(-c5ccccc5-c5ccc6oc7ccccc7c6c5)c5ccccc45)cc3)cccc2-c2c1c1ccccc1c1ccccc21. The highest BCUT2D eigenvalue weighted by Gasteiger charge is 2.42. The van der Waals surface area contributed by atoms with Gasteiger partial charge in [0.05, 0.1) is 0 Å². The van der Waals surface area contributed by atoms with Crippen LogP contribution in [-0.2, 0) is 10.8 Å². The highest BCUT2D eigenvalue weighted by Crippen LogP contribution is 2.60. The molecule has 0 radical (unpaired) electrons. The molecule has 0 spiro atoms. The fourth-order valence-electron chi connectivity index (χ4n) is 22.4. The Morgan fingerprint density at radius 3 is 0.758 bits per heavy atom. The fraction of sp³-hybridized carbons (Fsp3) is 0.0492. The van der Waals surface area contributed by atoms with E-state index in [1.807, 2.05) is 24.3 Å². The van der Waals surface area contributed by atoms with Crippen molar-refractivity contribution in [1.82, 2.24) is 0 Å². The van der Waals surface area contributed by atoms with Crippen LogP contribution in [0.5, 0.6) is 0 Å². The molecule has 24 aromatic rings. The molecular weight excluding hydrogens is 1500 g/mol. The van der Waals surface area contributed by atoms with E-state index in [0.717, 1.165) is 43.9 Å². The van der Waals surface area contributed by atoms with E-state index in [0.29, 0.717) is 0 Å². The lowest BCUT2D eigenvalue weighted by Crippen LogP contribution is -2.17. The van der Waals surface area contributed by atoms with E-state index in [-0.39, 0.29) is 10.8 Å². The Balaban J connectivity index is 0.000000136.